The largest absolute Gasteiger partial charge is 0.477 e. The van der Waals surface area contributed by atoms with E-state index in [9.17, 15) is 0 Å². The van der Waals surface area contributed by atoms with Gasteiger partial charge in [0.1, 0.15) is 0 Å². The molecule has 1 unspecified atom stereocenters. The summed E-state index contributed by atoms with van der Waals surface area (Å²) in [5.41, 5.74) is 6.57. The molecule has 0 bridgehead atoms. The highest BCUT2D eigenvalue weighted by Gasteiger charge is 2.08. The van der Waals surface area contributed by atoms with Crippen molar-refractivity contribution in [1.82, 2.24) is 4.98 Å². The van der Waals surface area contributed by atoms with Crippen LogP contribution in [0.25, 0.3) is 10.8 Å². The van der Waals surface area contributed by atoms with Gasteiger partial charge >= 0.3 is 0 Å². The second-order valence-corrected chi connectivity index (χ2v) is 5.05. The van der Waals surface area contributed by atoms with E-state index in [4.69, 9.17) is 10.5 Å². The van der Waals surface area contributed by atoms with E-state index in [1.807, 2.05) is 24.3 Å². The molecule has 0 aliphatic rings. The zero-order valence-corrected chi connectivity index (χ0v) is 11.7. The fourth-order valence-corrected chi connectivity index (χ4v) is 2.23. The molecular formula is C16H22N2O. The highest BCUT2D eigenvalue weighted by atomic mass is 16.5. The average molecular weight is 258 g/mol. The Bertz CT molecular complexity index is 539. The minimum atomic E-state index is 0.436. The summed E-state index contributed by atoms with van der Waals surface area (Å²) in [5, 5.41) is 2.19. The first-order chi connectivity index (χ1) is 9.24. The summed E-state index contributed by atoms with van der Waals surface area (Å²) in [7, 11) is 0. The molecule has 2 aromatic rings. The number of fused-ring (bicyclic) bond motifs is 1. The van der Waals surface area contributed by atoms with E-state index in [-0.39, 0.29) is 0 Å². The third-order valence-corrected chi connectivity index (χ3v) is 3.25. The van der Waals surface area contributed by atoms with Crippen LogP contribution >= 0.6 is 0 Å². The minimum Gasteiger partial charge on any atom is -0.477 e. The van der Waals surface area contributed by atoms with Crippen LogP contribution in [0.5, 0.6) is 5.88 Å². The summed E-state index contributed by atoms with van der Waals surface area (Å²) in [6.45, 7) is 5.54. The number of nitrogens with two attached hydrogens (primary N) is 1. The smallest absolute Gasteiger partial charge is 0.221 e. The summed E-state index contributed by atoms with van der Waals surface area (Å²) in [6, 6.07) is 10.2. The summed E-state index contributed by atoms with van der Waals surface area (Å²) in [4.78, 5) is 4.50. The van der Waals surface area contributed by atoms with Crippen molar-refractivity contribution in [3.8, 4) is 5.88 Å². The molecule has 2 rings (SSSR count). The van der Waals surface area contributed by atoms with Crippen molar-refractivity contribution >= 4 is 10.8 Å². The summed E-state index contributed by atoms with van der Waals surface area (Å²) in [5.74, 6) is 1.26. The van der Waals surface area contributed by atoms with Crippen LogP contribution in [0.1, 0.15) is 32.4 Å². The molecule has 1 heterocycles. The van der Waals surface area contributed by atoms with Crippen LogP contribution < -0.4 is 10.5 Å². The SMILES string of the molecule is CCCC(C)COc1nc(CN)cc2ccccc12. The highest BCUT2D eigenvalue weighted by Crippen LogP contribution is 2.25. The third-order valence-electron chi connectivity index (χ3n) is 3.25. The van der Waals surface area contributed by atoms with Crippen molar-refractivity contribution in [3.05, 3.63) is 36.0 Å². The molecule has 102 valence electrons. The fourth-order valence-electron chi connectivity index (χ4n) is 2.23. The standard InChI is InChI=1S/C16H22N2O/c1-3-6-12(2)11-19-16-15-8-5-4-7-13(15)9-14(10-17)18-16/h4-5,7-9,12H,3,6,10-11,17H2,1-2H3. The predicted octanol–water partition coefficient (Wildman–Crippen LogP) is 3.51. The number of hydrogen-bond donors (Lipinski definition) is 1. The van der Waals surface area contributed by atoms with Gasteiger partial charge in [0.25, 0.3) is 0 Å². The molecule has 0 saturated carbocycles. The maximum absolute atomic E-state index is 5.91. The van der Waals surface area contributed by atoms with Crippen LogP contribution in [0.15, 0.2) is 30.3 Å². The topological polar surface area (TPSA) is 48.1 Å². The lowest BCUT2D eigenvalue weighted by molar-refractivity contribution is 0.245. The molecule has 3 heteroatoms. The van der Waals surface area contributed by atoms with Crippen LogP contribution in [0.4, 0.5) is 0 Å². The van der Waals surface area contributed by atoms with E-state index in [1.165, 1.54) is 12.8 Å². The van der Waals surface area contributed by atoms with Gasteiger partial charge in [-0.2, -0.15) is 0 Å². The molecule has 0 aliphatic heterocycles. The lowest BCUT2D eigenvalue weighted by atomic mass is 10.1. The monoisotopic (exact) mass is 258 g/mol. The van der Waals surface area contributed by atoms with Crippen LogP contribution in [0.2, 0.25) is 0 Å². The van der Waals surface area contributed by atoms with Crippen LogP contribution in [-0.2, 0) is 6.54 Å². The van der Waals surface area contributed by atoms with E-state index in [0.29, 0.717) is 24.9 Å². The molecule has 0 aliphatic carbocycles. The Morgan fingerprint density at radius 3 is 2.84 bits per heavy atom. The molecule has 0 saturated heterocycles. The van der Waals surface area contributed by atoms with Crippen LogP contribution in [0.3, 0.4) is 0 Å². The number of aromatic nitrogens is 1. The predicted molar refractivity (Wildman–Crippen MR) is 79.2 cm³/mol. The van der Waals surface area contributed by atoms with E-state index in [0.717, 1.165) is 16.5 Å². The number of benzene rings is 1. The van der Waals surface area contributed by atoms with Gasteiger partial charge < -0.3 is 10.5 Å². The molecule has 1 aromatic heterocycles. The van der Waals surface area contributed by atoms with Gasteiger partial charge in [0.05, 0.1) is 12.3 Å². The number of ether oxygens (including phenoxy) is 1. The number of rotatable bonds is 6. The Balaban J connectivity index is 2.25. The lowest BCUT2D eigenvalue weighted by Crippen LogP contribution is -2.10. The molecule has 3 nitrogen and oxygen atoms in total. The molecular weight excluding hydrogens is 236 g/mol. The average Bonchev–Trinajstić information content (AvgIpc) is 2.44. The van der Waals surface area contributed by atoms with Crippen LogP contribution in [-0.4, -0.2) is 11.6 Å². The van der Waals surface area contributed by atoms with Gasteiger partial charge in [0, 0.05) is 11.9 Å². The molecule has 0 spiro atoms. The van der Waals surface area contributed by atoms with E-state index >= 15 is 0 Å². The van der Waals surface area contributed by atoms with Gasteiger partial charge in [-0.15, -0.1) is 0 Å². The molecule has 0 fully saturated rings. The van der Waals surface area contributed by atoms with Gasteiger partial charge in [0.2, 0.25) is 5.88 Å². The van der Waals surface area contributed by atoms with Gasteiger partial charge in [0.15, 0.2) is 0 Å². The van der Waals surface area contributed by atoms with Gasteiger partial charge in [-0.3, -0.25) is 0 Å². The number of nitrogens with zero attached hydrogens (tertiary/aromatic N) is 1. The Morgan fingerprint density at radius 2 is 2.11 bits per heavy atom. The second-order valence-electron chi connectivity index (χ2n) is 5.05. The lowest BCUT2D eigenvalue weighted by Gasteiger charge is -2.14. The first-order valence-electron chi connectivity index (χ1n) is 6.96. The number of hydrogen-bond acceptors (Lipinski definition) is 3. The molecule has 1 atom stereocenters. The Kier molecular flexibility index (Phi) is 4.74. The number of pyridine rings is 1. The van der Waals surface area contributed by atoms with Crippen molar-refractivity contribution in [1.29, 1.82) is 0 Å². The van der Waals surface area contributed by atoms with Crippen molar-refractivity contribution in [3.63, 3.8) is 0 Å². The van der Waals surface area contributed by atoms with Crippen molar-refractivity contribution in [2.24, 2.45) is 11.7 Å². The second kappa shape index (κ2) is 6.53. The quantitative estimate of drug-likeness (QED) is 0.862. The van der Waals surface area contributed by atoms with E-state index < -0.39 is 0 Å². The van der Waals surface area contributed by atoms with E-state index in [1.54, 1.807) is 0 Å². The minimum absolute atomic E-state index is 0.436. The summed E-state index contributed by atoms with van der Waals surface area (Å²) >= 11 is 0. The fraction of sp³-hybridized carbons (Fsp3) is 0.438. The summed E-state index contributed by atoms with van der Waals surface area (Å²) in [6.07, 6.45) is 2.36. The summed E-state index contributed by atoms with van der Waals surface area (Å²) < 4.78 is 5.91. The zero-order valence-electron chi connectivity index (χ0n) is 11.7. The molecule has 19 heavy (non-hydrogen) atoms. The van der Waals surface area contributed by atoms with Crippen LogP contribution in [0, 0.1) is 5.92 Å². The molecule has 0 amide bonds. The normalized spacial score (nSPS) is 12.6. The van der Waals surface area contributed by atoms with Crippen molar-refractivity contribution in [2.45, 2.75) is 33.2 Å². The van der Waals surface area contributed by atoms with Gasteiger partial charge in [-0.25, -0.2) is 4.98 Å². The molecule has 1 aromatic carbocycles. The maximum Gasteiger partial charge on any atom is 0.221 e. The Hall–Kier alpha value is -1.61. The van der Waals surface area contributed by atoms with Gasteiger partial charge in [-0.1, -0.05) is 38.5 Å². The zero-order chi connectivity index (χ0) is 13.7. The first-order valence-corrected chi connectivity index (χ1v) is 6.96. The molecule has 2 N–H and O–H groups in total. The Morgan fingerprint density at radius 1 is 1.32 bits per heavy atom. The van der Waals surface area contributed by atoms with E-state index in [2.05, 4.69) is 24.9 Å². The molecule has 0 radical (unpaired) electrons. The van der Waals surface area contributed by atoms with Crippen molar-refractivity contribution < 1.29 is 4.74 Å². The van der Waals surface area contributed by atoms with Gasteiger partial charge in [-0.05, 0) is 29.9 Å². The third kappa shape index (κ3) is 3.44. The Labute approximate surface area is 114 Å². The first kappa shape index (κ1) is 13.8. The maximum atomic E-state index is 5.91. The highest BCUT2D eigenvalue weighted by molar-refractivity contribution is 5.87. The van der Waals surface area contributed by atoms with Crippen molar-refractivity contribution in [2.75, 3.05) is 6.61 Å².